The maximum atomic E-state index is 11.7. The molecule has 0 unspecified atom stereocenters. The van der Waals surface area contributed by atoms with Crippen molar-refractivity contribution in [1.29, 1.82) is 0 Å². The lowest BCUT2D eigenvalue weighted by Gasteiger charge is -2.22. The number of carbonyl (C=O) groups is 1. The highest BCUT2D eigenvalue weighted by Gasteiger charge is 2.17. The fraction of sp³-hybridized carbons (Fsp3) is 0.650. The van der Waals surface area contributed by atoms with E-state index in [0.717, 1.165) is 61.5 Å². The Morgan fingerprint density at radius 1 is 1.33 bits per heavy atom. The molecule has 27 heavy (non-hydrogen) atoms. The van der Waals surface area contributed by atoms with E-state index in [1.165, 1.54) is 0 Å². The van der Waals surface area contributed by atoms with Crippen LogP contribution >= 0.6 is 11.3 Å². The number of hydrogen-bond donors (Lipinski definition) is 1. The average Bonchev–Trinajstić information content (AvgIpc) is 3.27. The summed E-state index contributed by atoms with van der Waals surface area (Å²) in [6.07, 6.45) is 9.44. The van der Waals surface area contributed by atoms with E-state index in [9.17, 15) is 4.79 Å². The van der Waals surface area contributed by atoms with Gasteiger partial charge in [0.1, 0.15) is 5.60 Å². The van der Waals surface area contributed by atoms with Crippen LogP contribution in [-0.2, 0) is 16.0 Å². The van der Waals surface area contributed by atoms with Gasteiger partial charge in [0.25, 0.3) is 0 Å². The molecule has 1 N–H and O–H groups in total. The molecule has 0 saturated carbocycles. The third-order valence-corrected chi connectivity index (χ3v) is 5.48. The number of ether oxygens (including phenoxy) is 1. The zero-order valence-electron chi connectivity index (χ0n) is 16.5. The first-order valence-corrected chi connectivity index (χ1v) is 10.7. The fourth-order valence-electron chi connectivity index (χ4n) is 3.24. The van der Waals surface area contributed by atoms with Crippen LogP contribution in [-0.4, -0.2) is 39.4 Å². The monoisotopic (exact) mass is 390 g/mol. The maximum Gasteiger partial charge on any atom is 0.306 e. The number of unbranched alkanes of at least 4 members (excludes halogenated alkanes) is 1. The highest BCUT2D eigenvalue weighted by atomic mass is 32.1. The van der Waals surface area contributed by atoms with Crippen molar-refractivity contribution in [3.63, 3.8) is 0 Å². The van der Waals surface area contributed by atoms with Gasteiger partial charge in [-0.25, -0.2) is 4.98 Å². The first kappa shape index (κ1) is 20.0. The zero-order chi connectivity index (χ0) is 19.3. The minimum Gasteiger partial charge on any atom is -0.460 e. The van der Waals surface area contributed by atoms with Gasteiger partial charge in [-0.05, 0) is 66.0 Å². The first-order chi connectivity index (χ1) is 12.9. The van der Waals surface area contributed by atoms with Crippen molar-refractivity contribution in [1.82, 2.24) is 20.1 Å². The number of aromatic nitrogens is 3. The lowest BCUT2D eigenvalue weighted by molar-refractivity contribution is -0.154. The minimum absolute atomic E-state index is 0.118. The zero-order valence-corrected chi connectivity index (χ0v) is 17.3. The summed E-state index contributed by atoms with van der Waals surface area (Å²) < 4.78 is 7.43. The molecule has 1 aliphatic heterocycles. The summed E-state index contributed by atoms with van der Waals surface area (Å²) in [4.78, 5) is 16.5. The average molecular weight is 391 g/mol. The normalized spacial score (nSPS) is 15.8. The van der Waals surface area contributed by atoms with Crippen molar-refractivity contribution < 1.29 is 9.53 Å². The van der Waals surface area contributed by atoms with Crippen LogP contribution in [0.3, 0.4) is 0 Å². The van der Waals surface area contributed by atoms with Crippen molar-refractivity contribution >= 4 is 17.3 Å². The Kier molecular flexibility index (Phi) is 6.65. The Morgan fingerprint density at radius 2 is 2.11 bits per heavy atom. The molecular weight excluding hydrogens is 360 g/mol. The van der Waals surface area contributed by atoms with E-state index in [1.54, 1.807) is 11.3 Å². The predicted molar refractivity (Wildman–Crippen MR) is 108 cm³/mol. The van der Waals surface area contributed by atoms with Crippen molar-refractivity contribution in [3.05, 3.63) is 22.8 Å². The molecule has 1 fully saturated rings. The molecule has 1 saturated heterocycles. The number of rotatable bonds is 7. The van der Waals surface area contributed by atoms with Crippen LogP contribution in [0.5, 0.6) is 0 Å². The third kappa shape index (κ3) is 6.14. The first-order valence-electron chi connectivity index (χ1n) is 9.82. The molecule has 0 amide bonds. The summed E-state index contributed by atoms with van der Waals surface area (Å²) in [5.41, 5.74) is 1.69. The number of aryl methyl sites for hydroxylation is 1. The quantitative estimate of drug-likeness (QED) is 0.572. The molecule has 0 atom stereocenters. The van der Waals surface area contributed by atoms with Crippen LogP contribution in [0.4, 0.5) is 0 Å². The van der Waals surface area contributed by atoms with E-state index < -0.39 is 5.60 Å². The minimum atomic E-state index is -0.403. The van der Waals surface area contributed by atoms with Gasteiger partial charge in [-0.1, -0.05) is 0 Å². The Bertz CT molecular complexity index is 741. The molecule has 0 bridgehead atoms. The Hall–Kier alpha value is -1.73. The van der Waals surface area contributed by atoms with Crippen molar-refractivity contribution in [3.8, 4) is 11.3 Å². The molecule has 0 radical (unpaired) electrons. The number of carbonyl (C=O) groups excluding carboxylic acids is 1. The lowest BCUT2D eigenvalue weighted by atomic mass is 10.1. The molecule has 0 aromatic carbocycles. The molecule has 0 aliphatic carbocycles. The molecule has 6 nitrogen and oxygen atoms in total. The van der Waals surface area contributed by atoms with Gasteiger partial charge in [-0.2, -0.15) is 5.10 Å². The molecule has 0 spiro atoms. The highest BCUT2D eigenvalue weighted by molar-refractivity contribution is 7.09. The smallest absolute Gasteiger partial charge is 0.306 e. The van der Waals surface area contributed by atoms with E-state index in [2.05, 4.69) is 26.7 Å². The molecule has 7 heteroatoms. The molecule has 2 aromatic heterocycles. The molecule has 3 heterocycles. The van der Waals surface area contributed by atoms with Crippen LogP contribution in [0.2, 0.25) is 0 Å². The summed E-state index contributed by atoms with van der Waals surface area (Å²) in [6, 6.07) is 0.492. The van der Waals surface area contributed by atoms with Crippen LogP contribution in [0.1, 0.15) is 63.9 Å². The summed E-state index contributed by atoms with van der Waals surface area (Å²) in [5, 5.41) is 11.2. The summed E-state index contributed by atoms with van der Waals surface area (Å²) >= 11 is 1.68. The Labute approximate surface area is 165 Å². The number of esters is 1. The Morgan fingerprint density at radius 3 is 2.85 bits per heavy atom. The van der Waals surface area contributed by atoms with Crippen molar-refractivity contribution in [2.75, 3.05) is 13.1 Å². The molecule has 2 aromatic rings. The van der Waals surface area contributed by atoms with Crippen LogP contribution in [0.15, 0.2) is 17.8 Å². The largest absolute Gasteiger partial charge is 0.460 e. The third-order valence-electron chi connectivity index (χ3n) is 4.57. The lowest BCUT2D eigenvalue weighted by Crippen LogP contribution is -2.29. The predicted octanol–water partition coefficient (Wildman–Crippen LogP) is 3.99. The van der Waals surface area contributed by atoms with E-state index in [0.29, 0.717) is 12.5 Å². The van der Waals surface area contributed by atoms with Gasteiger partial charge >= 0.3 is 5.97 Å². The van der Waals surface area contributed by atoms with Gasteiger partial charge in [-0.3, -0.25) is 9.48 Å². The SMILES string of the molecule is CC(C)(C)OC(=O)CCCCc1nc(-c2cnn(C3CCNCC3)c2)cs1. The van der Waals surface area contributed by atoms with Crippen LogP contribution < -0.4 is 5.32 Å². The van der Waals surface area contributed by atoms with Crippen molar-refractivity contribution in [2.45, 2.75) is 70.9 Å². The topological polar surface area (TPSA) is 69.0 Å². The van der Waals surface area contributed by atoms with E-state index >= 15 is 0 Å². The molecule has 1 aliphatic rings. The van der Waals surface area contributed by atoms with Gasteiger partial charge in [0.2, 0.25) is 0 Å². The summed E-state index contributed by atoms with van der Waals surface area (Å²) in [6.45, 7) is 7.81. The fourth-order valence-corrected chi connectivity index (χ4v) is 4.09. The van der Waals surface area contributed by atoms with Gasteiger partial charge in [0.15, 0.2) is 0 Å². The van der Waals surface area contributed by atoms with Gasteiger partial charge in [0.05, 0.1) is 22.9 Å². The standard InChI is InChI=1S/C20H30N4O2S/c1-20(2,3)26-19(25)7-5-4-6-18-23-17(14-27-18)15-12-22-24(13-15)16-8-10-21-11-9-16/h12-14,16,21H,4-11H2,1-3H3. The van der Waals surface area contributed by atoms with E-state index in [1.807, 2.05) is 27.0 Å². The van der Waals surface area contributed by atoms with Gasteiger partial charge in [0, 0.05) is 23.6 Å². The number of piperidine rings is 1. The van der Waals surface area contributed by atoms with Crippen molar-refractivity contribution in [2.24, 2.45) is 0 Å². The molecule has 3 rings (SSSR count). The second kappa shape index (κ2) is 8.97. The number of hydrogen-bond acceptors (Lipinski definition) is 6. The molecule has 148 valence electrons. The molecular formula is C20H30N4O2S. The van der Waals surface area contributed by atoms with E-state index in [4.69, 9.17) is 9.72 Å². The maximum absolute atomic E-state index is 11.7. The second-order valence-electron chi connectivity index (χ2n) is 8.11. The number of nitrogens with zero attached hydrogens (tertiary/aromatic N) is 3. The number of thiazole rings is 1. The Balaban J connectivity index is 1.46. The van der Waals surface area contributed by atoms with Crippen LogP contribution in [0, 0.1) is 0 Å². The van der Waals surface area contributed by atoms with E-state index in [-0.39, 0.29) is 5.97 Å². The summed E-state index contributed by atoms with van der Waals surface area (Å²) in [5.74, 6) is -0.118. The van der Waals surface area contributed by atoms with Gasteiger partial charge in [-0.15, -0.1) is 11.3 Å². The second-order valence-corrected chi connectivity index (χ2v) is 9.05. The van der Waals surface area contributed by atoms with Gasteiger partial charge < -0.3 is 10.1 Å². The van der Waals surface area contributed by atoms with Crippen LogP contribution in [0.25, 0.3) is 11.3 Å². The number of nitrogens with one attached hydrogen (secondary N) is 1. The highest BCUT2D eigenvalue weighted by Crippen LogP contribution is 2.25. The summed E-state index contributed by atoms with van der Waals surface area (Å²) in [7, 11) is 0.